The molecule has 1 aliphatic heterocycles. The molecule has 234 valence electrons. The molecule has 1 fully saturated rings. The number of carbonyl (C=O) groups is 4. The minimum Gasteiger partial charge on any atom is -0.486 e. The van der Waals surface area contributed by atoms with E-state index in [0.717, 1.165) is 9.21 Å². The molecule has 0 bridgehead atoms. The number of nitrogens with zero attached hydrogens (tertiary/aromatic N) is 2. The lowest BCUT2D eigenvalue weighted by molar-refractivity contribution is -0.144. The molecule has 1 heterocycles. The topological polar surface area (TPSA) is 150 Å². The van der Waals surface area contributed by atoms with Crippen LogP contribution >= 0.6 is 0 Å². The maximum absolute atomic E-state index is 13.1. The Morgan fingerprint density at radius 3 is 2.05 bits per heavy atom. The third-order valence-electron chi connectivity index (χ3n) is 6.04. The van der Waals surface area contributed by atoms with Crippen LogP contribution in [-0.4, -0.2) is 85.1 Å². The van der Waals surface area contributed by atoms with E-state index in [1.807, 2.05) is 0 Å². The van der Waals surface area contributed by atoms with Crippen molar-refractivity contribution < 1.29 is 63.8 Å². The van der Waals surface area contributed by atoms with E-state index in [1.54, 1.807) is 6.07 Å². The molecule has 1 saturated heterocycles. The number of ether oxygens (including phenoxy) is 1. The minimum atomic E-state index is -5.18. The second-order valence-corrected chi connectivity index (χ2v) is 11.1. The Labute approximate surface area is 240 Å². The minimum absolute atomic E-state index is 0.0500. The largest absolute Gasteiger partial charge is 0.486 e. The molecule has 43 heavy (non-hydrogen) atoms. The van der Waals surface area contributed by atoms with Crippen molar-refractivity contribution >= 4 is 33.6 Å². The summed E-state index contributed by atoms with van der Waals surface area (Å²) in [4.78, 5) is 49.9. The lowest BCUT2D eigenvalue weighted by Crippen LogP contribution is -2.55. The highest BCUT2D eigenvalue weighted by Crippen LogP contribution is 2.38. The molecule has 0 spiro atoms. The molecule has 0 aromatic heterocycles. The zero-order valence-electron chi connectivity index (χ0n) is 21.8. The highest BCUT2D eigenvalue weighted by atomic mass is 32.2. The van der Waals surface area contributed by atoms with Crippen LogP contribution in [0.5, 0.6) is 5.75 Å². The highest BCUT2D eigenvalue weighted by molar-refractivity contribution is 7.89. The van der Waals surface area contributed by atoms with Gasteiger partial charge in [-0.2, -0.15) is 30.6 Å². The zero-order valence-corrected chi connectivity index (χ0v) is 22.6. The van der Waals surface area contributed by atoms with Crippen molar-refractivity contribution in [1.29, 1.82) is 0 Å². The fourth-order valence-electron chi connectivity index (χ4n) is 3.90. The highest BCUT2D eigenvalue weighted by Gasteiger charge is 2.38. The number of rotatable bonds is 11. The number of sulfonamides is 1. The molecule has 1 aliphatic rings. The second kappa shape index (κ2) is 13.0. The van der Waals surface area contributed by atoms with Crippen LogP contribution in [0.25, 0.3) is 0 Å². The Morgan fingerprint density at radius 2 is 1.53 bits per heavy atom. The summed E-state index contributed by atoms with van der Waals surface area (Å²) in [7, 11) is -4.01. The molecule has 3 rings (SSSR count). The van der Waals surface area contributed by atoms with E-state index in [1.165, 1.54) is 24.3 Å². The van der Waals surface area contributed by atoms with Gasteiger partial charge in [0.2, 0.25) is 21.8 Å². The molecule has 2 N–H and O–H groups in total. The van der Waals surface area contributed by atoms with Gasteiger partial charge in [-0.1, -0.05) is 18.2 Å². The first-order valence-corrected chi connectivity index (χ1v) is 13.6. The summed E-state index contributed by atoms with van der Waals surface area (Å²) in [6.45, 7) is -2.92. The standard InChI is InChI=1S/C25H23F6N3O8S/c26-24(27,28)15-8-16(25(29,30)31)10-17(9-15)42-14-20(35)19(11-23(38)39)32-21(36)12-33-6-7-34(13-22(33)37)43(40,41)18-4-2-1-3-5-18/h1-5,8-10,19H,6-7,11-14H2,(H,32,36)(H,38,39). The first-order valence-electron chi connectivity index (χ1n) is 12.2. The van der Waals surface area contributed by atoms with E-state index in [-0.39, 0.29) is 36.2 Å². The van der Waals surface area contributed by atoms with Gasteiger partial charge in [0, 0.05) is 13.1 Å². The van der Waals surface area contributed by atoms with Gasteiger partial charge < -0.3 is 20.1 Å². The number of carbonyl (C=O) groups excluding carboxylic acids is 3. The van der Waals surface area contributed by atoms with Gasteiger partial charge in [0.15, 0.2) is 5.78 Å². The number of amides is 2. The van der Waals surface area contributed by atoms with Gasteiger partial charge in [-0.25, -0.2) is 8.42 Å². The van der Waals surface area contributed by atoms with Gasteiger partial charge in [-0.3, -0.25) is 19.2 Å². The number of Topliss-reactive ketones (excluding diaryl/α,β-unsaturated/α-hetero) is 1. The SMILES string of the molecule is O=C(O)CC(NC(=O)CN1CCN(S(=O)(=O)c2ccccc2)CC1=O)C(=O)COc1cc(C(F)(F)F)cc(C(F)(F)F)c1. The smallest absolute Gasteiger partial charge is 0.416 e. The first-order chi connectivity index (χ1) is 19.9. The van der Waals surface area contributed by atoms with E-state index >= 15 is 0 Å². The van der Waals surface area contributed by atoms with Crippen LogP contribution in [0, 0.1) is 0 Å². The molecular formula is C25H23F6N3O8S. The van der Waals surface area contributed by atoms with Gasteiger partial charge >= 0.3 is 18.3 Å². The van der Waals surface area contributed by atoms with Crippen molar-refractivity contribution in [3.05, 3.63) is 59.7 Å². The van der Waals surface area contributed by atoms with Crippen LogP contribution in [-0.2, 0) is 41.6 Å². The predicted octanol–water partition coefficient (Wildman–Crippen LogP) is 2.16. The monoisotopic (exact) mass is 639 g/mol. The summed E-state index contributed by atoms with van der Waals surface area (Å²) in [6.07, 6.45) is -11.4. The summed E-state index contributed by atoms with van der Waals surface area (Å²) < 4.78 is 110. The second-order valence-electron chi connectivity index (χ2n) is 9.18. The normalized spacial score (nSPS) is 15.6. The van der Waals surface area contributed by atoms with Crippen molar-refractivity contribution in [1.82, 2.24) is 14.5 Å². The fraction of sp³-hybridized carbons (Fsp3) is 0.360. The lowest BCUT2D eigenvalue weighted by Gasteiger charge is -2.33. The molecule has 1 atom stereocenters. The number of piperazine rings is 1. The van der Waals surface area contributed by atoms with Gasteiger partial charge in [-0.05, 0) is 30.3 Å². The molecule has 0 saturated carbocycles. The first kappa shape index (κ1) is 33.3. The van der Waals surface area contributed by atoms with E-state index < -0.39 is 95.0 Å². The van der Waals surface area contributed by atoms with Crippen molar-refractivity contribution in [2.75, 3.05) is 32.8 Å². The molecule has 0 radical (unpaired) electrons. The quantitative estimate of drug-likeness (QED) is 0.356. The molecule has 2 aromatic rings. The van der Waals surface area contributed by atoms with Crippen LogP contribution in [0.3, 0.4) is 0 Å². The molecule has 2 amide bonds. The van der Waals surface area contributed by atoms with E-state index in [2.05, 4.69) is 5.32 Å². The maximum Gasteiger partial charge on any atom is 0.416 e. The van der Waals surface area contributed by atoms with E-state index in [0.29, 0.717) is 0 Å². The lowest BCUT2D eigenvalue weighted by atomic mass is 10.1. The Balaban J connectivity index is 1.64. The van der Waals surface area contributed by atoms with Crippen LogP contribution in [0.4, 0.5) is 26.3 Å². The zero-order chi connectivity index (χ0) is 32.2. The number of carboxylic acid groups (broad SMARTS) is 1. The third kappa shape index (κ3) is 8.90. The van der Waals surface area contributed by atoms with Crippen molar-refractivity contribution in [3.63, 3.8) is 0 Å². The number of ketones is 1. The van der Waals surface area contributed by atoms with Crippen LogP contribution in [0.2, 0.25) is 0 Å². The fourth-order valence-corrected chi connectivity index (χ4v) is 5.30. The van der Waals surface area contributed by atoms with Gasteiger partial charge in [0.25, 0.3) is 0 Å². The average molecular weight is 640 g/mol. The Kier molecular flexibility index (Phi) is 10.1. The van der Waals surface area contributed by atoms with Gasteiger partial charge in [-0.15, -0.1) is 0 Å². The van der Waals surface area contributed by atoms with Crippen LogP contribution in [0.15, 0.2) is 53.4 Å². The number of aliphatic carboxylic acids is 1. The number of alkyl halides is 6. The number of hydrogen-bond donors (Lipinski definition) is 2. The number of nitrogens with one attached hydrogen (secondary N) is 1. The summed E-state index contributed by atoms with van der Waals surface area (Å²) in [5, 5.41) is 11.2. The van der Waals surface area contributed by atoms with Crippen LogP contribution in [0.1, 0.15) is 17.5 Å². The Morgan fingerprint density at radius 1 is 0.953 bits per heavy atom. The summed E-state index contributed by atoms with van der Waals surface area (Å²) in [5.74, 6) is -5.58. The molecule has 11 nitrogen and oxygen atoms in total. The third-order valence-corrected chi connectivity index (χ3v) is 7.90. The van der Waals surface area contributed by atoms with Gasteiger partial charge in [0.1, 0.15) is 18.4 Å². The molecular weight excluding hydrogens is 616 g/mol. The molecule has 2 aromatic carbocycles. The van der Waals surface area contributed by atoms with Crippen molar-refractivity contribution in [2.45, 2.75) is 29.7 Å². The van der Waals surface area contributed by atoms with E-state index in [9.17, 15) is 53.9 Å². The van der Waals surface area contributed by atoms with Gasteiger partial charge in [0.05, 0.1) is 35.5 Å². The van der Waals surface area contributed by atoms with Crippen molar-refractivity contribution in [2.24, 2.45) is 0 Å². The maximum atomic E-state index is 13.1. The number of carboxylic acids is 1. The van der Waals surface area contributed by atoms with E-state index in [4.69, 9.17) is 9.84 Å². The van der Waals surface area contributed by atoms with Crippen LogP contribution < -0.4 is 10.1 Å². The Bertz CT molecular complexity index is 1450. The Hall–Kier alpha value is -4.19. The molecule has 0 aliphatic carbocycles. The molecule has 1 unspecified atom stereocenters. The summed E-state index contributed by atoms with van der Waals surface area (Å²) in [6, 6.07) is 5.73. The average Bonchev–Trinajstić information content (AvgIpc) is 2.91. The summed E-state index contributed by atoms with van der Waals surface area (Å²) in [5.41, 5.74) is -3.41. The van der Waals surface area contributed by atoms with Crippen molar-refractivity contribution in [3.8, 4) is 5.75 Å². The number of hydrogen-bond acceptors (Lipinski definition) is 7. The predicted molar refractivity (Wildman–Crippen MR) is 133 cm³/mol. The number of benzene rings is 2. The summed E-state index contributed by atoms with van der Waals surface area (Å²) >= 11 is 0. The number of halogens is 6. The molecule has 18 heteroatoms.